The lowest BCUT2D eigenvalue weighted by molar-refractivity contribution is -0.122. The van der Waals surface area contributed by atoms with Gasteiger partial charge in [-0.05, 0) is 51.2 Å². The maximum Gasteiger partial charge on any atom is 0.240 e. The highest BCUT2D eigenvalue weighted by molar-refractivity contribution is 7.71. The van der Waals surface area contributed by atoms with Crippen LogP contribution in [-0.4, -0.2) is 20.7 Å². The molecule has 2 aromatic heterocycles. The van der Waals surface area contributed by atoms with Crippen LogP contribution in [0.5, 0.6) is 0 Å². The molecule has 1 atom stereocenters. The van der Waals surface area contributed by atoms with Crippen LogP contribution < -0.4 is 5.32 Å². The van der Waals surface area contributed by atoms with Gasteiger partial charge in [0.2, 0.25) is 5.91 Å². The van der Waals surface area contributed by atoms with Crippen molar-refractivity contribution in [3.05, 3.63) is 58.3 Å². The Balaban J connectivity index is 1.78. The van der Waals surface area contributed by atoms with Crippen molar-refractivity contribution in [1.29, 1.82) is 0 Å². The van der Waals surface area contributed by atoms with Crippen LogP contribution in [0.25, 0.3) is 11.4 Å². The fourth-order valence-electron chi connectivity index (χ4n) is 2.66. The van der Waals surface area contributed by atoms with Gasteiger partial charge in [-0.15, -0.1) is 0 Å². The van der Waals surface area contributed by atoms with E-state index in [1.165, 1.54) is 0 Å². The third-order valence-electron chi connectivity index (χ3n) is 3.90. The minimum atomic E-state index is -0.218. The summed E-state index contributed by atoms with van der Waals surface area (Å²) in [6.45, 7) is 5.85. The fraction of sp³-hybridized carbons (Fsp3) is 0.278. The molecule has 0 saturated carbocycles. The molecule has 3 rings (SSSR count). The zero-order valence-electron chi connectivity index (χ0n) is 14.4. The van der Waals surface area contributed by atoms with Gasteiger partial charge in [-0.1, -0.05) is 23.8 Å². The van der Waals surface area contributed by atoms with E-state index in [1.807, 2.05) is 57.2 Å². The highest BCUT2D eigenvalue weighted by Crippen LogP contribution is 2.19. The van der Waals surface area contributed by atoms with E-state index in [9.17, 15) is 4.79 Å². The number of aromatic nitrogens is 3. The van der Waals surface area contributed by atoms with Crippen molar-refractivity contribution >= 4 is 18.1 Å². The molecule has 25 heavy (non-hydrogen) atoms. The molecule has 1 unspecified atom stereocenters. The number of carbonyl (C=O) groups excluding carboxylic acids is 1. The Morgan fingerprint density at radius 1 is 1.36 bits per heavy atom. The van der Waals surface area contributed by atoms with E-state index >= 15 is 0 Å². The smallest absolute Gasteiger partial charge is 0.240 e. The Labute approximate surface area is 150 Å². The Morgan fingerprint density at radius 2 is 2.16 bits per heavy atom. The number of furan rings is 1. The molecule has 0 spiro atoms. The molecule has 1 amide bonds. The van der Waals surface area contributed by atoms with Crippen LogP contribution in [0, 0.1) is 18.6 Å². The van der Waals surface area contributed by atoms with Gasteiger partial charge in [0.15, 0.2) is 10.6 Å². The Bertz CT molecular complexity index is 954. The van der Waals surface area contributed by atoms with Gasteiger partial charge in [0, 0.05) is 5.56 Å². The van der Waals surface area contributed by atoms with E-state index in [0.717, 1.165) is 22.6 Å². The lowest BCUT2D eigenvalue weighted by atomic mass is 10.1. The van der Waals surface area contributed by atoms with Crippen LogP contribution in [0.1, 0.15) is 30.0 Å². The lowest BCUT2D eigenvalue weighted by Crippen LogP contribution is -2.30. The second-order valence-electron chi connectivity index (χ2n) is 6.05. The number of nitrogens with zero attached hydrogens (tertiary/aromatic N) is 2. The van der Waals surface area contributed by atoms with E-state index < -0.39 is 0 Å². The average Bonchev–Trinajstić information content (AvgIpc) is 3.14. The predicted octanol–water partition coefficient (Wildman–Crippen LogP) is 3.69. The first-order valence-electron chi connectivity index (χ1n) is 8.02. The largest absolute Gasteiger partial charge is 0.464 e. The zero-order chi connectivity index (χ0) is 18.0. The number of hydrogen-bond donors (Lipinski definition) is 2. The summed E-state index contributed by atoms with van der Waals surface area (Å²) in [5, 5.41) is 9.96. The lowest BCUT2D eigenvalue weighted by Gasteiger charge is -2.13. The molecule has 0 aliphatic rings. The zero-order valence-corrected chi connectivity index (χ0v) is 15.2. The highest BCUT2D eigenvalue weighted by atomic mass is 32.1. The molecule has 7 heteroatoms. The summed E-state index contributed by atoms with van der Waals surface area (Å²) in [7, 11) is 0. The van der Waals surface area contributed by atoms with Crippen LogP contribution in [0.15, 0.2) is 40.8 Å². The first-order chi connectivity index (χ1) is 11.9. The Morgan fingerprint density at radius 3 is 2.84 bits per heavy atom. The minimum absolute atomic E-state index is 0.0860. The number of hydrogen-bond acceptors (Lipinski definition) is 4. The second-order valence-corrected chi connectivity index (χ2v) is 6.43. The summed E-state index contributed by atoms with van der Waals surface area (Å²) in [6.07, 6.45) is 0. The van der Waals surface area contributed by atoms with Crippen molar-refractivity contribution < 1.29 is 9.21 Å². The van der Waals surface area contributed by atoms with Crippen molar-refractivity contribution in [3.8, 4) is 11.4 Å². The monoisotopic (exact) mass is 356 g/mol. The third kappa shape index (κ3) is 3.88. The number of nitrogens with one attached hydrogen (secondary N) is 2. The first kappa shape index (κ1) is 17.2. The number of carbonyl (C=O) groups is 1. The summed E-state index contributed by atoms with van der Waals surface area (Å²) in [5.74, 6) is 2.02. The average molecular weight is 356 g/mol. The van der Waals surface area contributed by atoms with Crippen molar-refractivity contribution in [2.24, 2.45) is 0 Å². The number of benzene rings is 1. The van der Waals surface area contributed by atoms with E-state index in [4.69, 9.17) is 16.6 Å². The van der Waals surface area contributed by atoms with Gasteiger partial charge in [-0.25, -0.2) is 0 Å². The fourth-order valence-corrected chi connectivity index (χ4v) is 2.85. The van der Waals surface area contributed by atoms with E-state index in [1.54, 1.807) is 4.57 Å². The van der Waals surface area contributed by atoms with Crippen LogP contribution in [0.2, 0.25) is 0 Å². The maximum absolute atomic E-state index is 12.4. The molecule has 0 aliphatic heterocycles. The molecule has 2 heterocycles. The highest BCUT2D eigenvalue weighted by Gasteiger charge is 2.16. The topological polar surface area (TPSA) is 75.8 Å². The number of amides is 1. The van der Waals surface area contributed by atoms with Crippen LogP contribution in [0.3, 0.4) is 0 Å². The molecule has 0 saturated heterocycles. The Hall–Kier alpha value is -2.67. The molecule has 130 valence electrons. The van der Waals surface area contributed by atoms with Gasteiger partial charge in [0.05, 0.1) is 6.04 Å². The summed E-state index contributed by atoms with van der Waals surface area (Å²) in [6, 6.07) is 11.4. The number of aryl methyl sites for hydroxylation is 2. The first-order valence-corrected chi connectivity index (χ1v) is 8.43. The molecular formula is C18H20N4O2S. The van der Waals surface area contributed by atoms with Crippen LogP contribution in [-0.2, 0) is 11.3 Å². The van der Waals surface area contributed by atoms with Crippen molar-refractivity contribution in [1.82, 2.24) is 20.1 Å². The van der Waals surface area contributed by atoms with E-state index in [-0.39, 0.29) is 18.5 Å². The third-order valence-corrected chi connectivity index (χ3v) is 4.21. The van der Waals surface area contributed by atoms with Gasteiger partial charge in [0.25, 0.3) is 0 Å². The molecule has 0 aliphatic carbocycles. The summed E-state index contributed by atoms with van der Waals surface area (Å²) < 4.78 is 7.66. The standard InChI is InChI=1S/C18H20N4O2S/c1-11-5-4-6-14(9-11)17-20-21-18(25)22(17)10-16(23)19-13(3)15-8-7-12(2)24-15/h4-9,13H,10H2,1-3H3,(H,19,23)(H,21,25). The predicted molar refractivity (Wildman–Crippen MR) is 97.6 cm³/mol. The normalized spacial score (nSPS) is 12.1. The van der Waals surface area contributed by atoms with E-state index in [2.05, 4.69) is 15.5 Å². The molecule has 6 nitrogen and oxygen atoms in total. The number of aromatic amines is 1. The van der Waals surface area contributed by atoms with Gasteiger partial charge >= 0.3 is 0 Å². The van der Waals surface area contributed by atoms with E-state index in [0.29, 0.717) is 10.6 Å². The minimum Gasteiger partial charge on any atom is -0.464 e. The summed E-state index contributed by atoms with van der Waals surface area (Å²) in [4.78, 5) is 12.4. The SMILES string of the molecule is Cc1cccc(-c2n[nH]c(=S)n2CC(=O)NC(C)c2ccc(C)o2)c1. The summed E-state index contributed by atoms with van der Waals surface area (Å²) >= 11 is 5.28. The van der Waals surface area contributed by atoms with Crippen molar-refractivity contribution in [3.63, 3.8) is 0 Å². The van der Waals surface area contributed by atoms with Gasteiger partial charge in [-0.2, -0.15) is 5.10 Å². The van der Waals surface area contributed by atoms with Gasteiger partial charge in [0.1, 0.15) is 18.1 Å². The number of rotatable bonds is 5. The molecule has 3 aromatic rings. The Kier molecular flexibility index (Phi) is 4.85. The van der Waals surface area contributed by atoms with Gasteiger partial charge in [-0.3, -0.25) is 14.5 Å². The van der Waals surface area contributed by atoms with Crippen molar-refractivity contribution in [2.45, 2.75) is 33.4 Å². The maximum atomic E-state index is 12.4. The second kappa shape index (κ2) is 7.06. The molecular weight excluding hydrogens is 336 g/mol. The van der Waals surface area contributed by atoms with Gasteiger partial charge < -0.3 is 9.73 Å². The quantitative estimate of drug-likeness (QED) is 0.684. The number of H-pyrrole nitrogens is 1. The van der Waals surface area contributed by atoms with Crippen LogP contribution in [0.4, 0.5) is 0 Å². The molecule has 2 N–H and O–H groups in total. The van der Waals surface area contributed by atoms with Crippen molar-refractivity contribution in [2.75, 3.05) is 0 Å². The molecule has 1 aromatic carbocycles. The molecule has 0 fully saturated rings. The molecule has 0 radical (unpaired) electrons. The summed E-state index contributed by atoms with van der Waals surface area (Å²) in [5.41, 5.74) is 2.03. The molecule has 0 bridgehead atoms. The van der Waals surface area contributed by atoms with Crippen LogP contribution >= 0.6 is 12.2 Å².